The van der Waals surface area contributed by atoms with E-state index < -0.39 is 10.0 Å². The highest BCUT2D eigenvalue weighted by molar-refractivity contribution is 7.89. The number of fused-ring (bicyclic) bond motifs is 1. The number of nitrogens with zero attached hydrogens (tertiary/aromatic N) is 1. The van der Waals surface area contributed by atoms with Gasteiger partial charge in [0, 0.05) is 11.3 Å². The Hall–Kier alpha value is -1.25. The largest absolute Gasteiger partial charge is 0.310 e. The predicted octanol–water partition coefficient (Wildman–Crippen LogP) is 1.11. The Morgan fingerprint density at radius 1 is 1.40 bits per heavy atom. The van der Waals surface area contributed by atoms with Crippen LogP contribution in [0.3, 0.4) is 0 Å². The van der Waals surface area contributed by atoms with Gasteiger partial charge in [-0.25, -0.2) is 18.5 Å². The third-order valence-electron chi connectivity index (χ3n) is 2.81. The maximum absolute atomic E-state index is 12.0. The first-order valence-electron chi connectivity index (χ1n) is 6.10. The summed E-state index contributed by atoms with van der Waals surface area (Å²) in [6, 6.07) is 1.84. The Bertz CT molecular complexity index is 797. The fourth-order valence-corrected chi connectivity index (χ4v) is 3.29. The molecule has 0 bridgehead atoms. The molecule has 2 aromatic heterocycles. The number of sulfonamides is 1. The highest BCUT2D eigenvalue weighted by Crippen LogP contribution is 2.31. The molecule has 8 heteroatoms. The molecule has 2 heterocycles. The minimum atomic E-state index is -3.57. The zero-order valence-corrected chi connectivity index (χ0v) is 13.2. The molecule has 0 fully saturated rings. The van der Waals surface area contributed by atoms with Gasteiger partial charge in [-0.2, -0.15) is 0 Å². The van der Waals surface area contributed by atoms with Crippen LogP contribution in [0, 0.1) is 0 Å². The lowest BCUT2D eigenvalue weighted by Crippen LogP contribution is -2.20. The molecule has 0 spiro atoms. The molecule has 0 saturated carbocycles. The third kappa shape index (κ3) is 3.44. The van der Waals surface area contributed by atoms with Crippen LogP contribution in [0.25, 0.3) is 10.2 Å². The Kier molecular flexibility index (Phi) is 3.74. The van der Waals surface area contributed by atoms with Gasteiger partial charge in [-0.1, -0.05) is 20.8 Å². The summed E-state index contributed by atoms with van der Waals surface area (Å²) in [6.45, 7) is 6.19. The molecule has 0 aliphatic carbocycles. The SMILES string of the molecule is CC(C)(C)c1cc2c(=O)[nH]c(CCS(N)(=O)=O)nc2s1. The zero-order valence-electron chi connectivity index (χ0n) is 11.6. The molecule has 0 aromatic carbocycles. The van der Waals surface area contributed by atoms with Crippen LogP contribution in [0.4, 0.5) is 0 Å². The number of thiophene rings is 1. The van der Waals surface area contributed by atoms with Crippen LogP contribution in [0.2, 0.25) is 0 Å². The summed E-state index contributed by atoms with van der Waals surface area (Å²) >= 11 is 1.45. The number of hydrogen-bond donors (Lipinski definition) is 2. The third-order valence-corrected chi connectivity index (χ3v) is 5.04. The van der Waals surface area contributed by atoms with Gasteiger partial charge in [-0.3, -0.25) is 4.79 Å². The molecule has 3 N–H and O–H groups in total. The van der Waals surface area contributed by atoms with E-state index in [4.69, 9.17) is 5.14 Å². The normalized spacial score (nSPS) is 13.0. The molecule has 0 atom stereocenters. The summed E-state index contributed by atoms with van der Waals surface area (Å²) in [4.78, 5) is 20.6. The second-order valence-electron chi connectivity index (χ2n) is 5.71. The van der Waals surface area contributed by atoms with Gasteiger partial charge in [0.25, 0.3) is 5.56 Å². The second kappa shape index (κ2) is 4.94. The van der Waals surface area contributed by atoms with E-state index in [1.807, 2.05) is 6.07 Å². The molecular formula is C12H17N3O3S2. The number of primary sulfonamides is 1. The Balaban J connectivity index is 2.44. The molecule has 0 amide bonds. The zero-order chi connectivity index (χ0) is 15.1. The van der Waals surface area contributed by atoms with Crippen molar-refractivity contribution in [2.75, 3.05) is 5.75 Å². The first-order chi connectivity index (χ1) is 9.06. The molecule has 2 rings (SSSR count). The Labute approximate surface area is 121 Å². The van der Waals surface area contributed by atoms with E-state index in [2.05, 4.69) is 30.7 Å². The van der Waals surface area contributed by atoms with Crippen molar-refractivity contribution in [1.82, 2.24) is 9.97 Å². The molecule has 110 valence electrons. The number of rotatable bonds is 3. The Morgan fingerprint density at radius 2 is 2.05 bits per heavy atom. The Morgan fingerprint density at radius 3 is 2.60 bits per heavy atom. The molecule has 20 heavy (non-hydrogen) atoms. The van der Waals surface area contributed by atoms with Gasteiger partial charge in [0.15, 0.2) is 0 Å². The first-order valence-corrected chi connectivity index (χ1v) is 8.63. The fraction of sp³-hybridized carbons (Fsp3) is 0.500. The van der Waals surface area contributed by atoms with Crippen LogP contribution in [0.1, 0.15) is 31.5 Å². The van der Waals surface area contributed by atoms with Crippen LogP contribution in [0.5, 0.6) is 0 Å². The lowest BCUT2D eigenvalue weighted by Gasteiger charge is -2.14. The van der Waals surface area contributed by atoms with Gasteiger partial charge in [-0.05, 0) is 11.5 Å². The van der Waals surface area contributed by atoms with E-state index in [9.17, 15) is 13.2 Å². The topological polar surface area (TPSA) is 106 Å². The van der Waals surface area contributed by atoms with Crippen LogP contribution >= 0.6 is 11.3 Å². The minimum Gasteiger partial charge on any atom is -0.310 e. The highest BCUT2D eigenvalue weighted by Gasteiger charge is 2.19. The van der Waals surface area contributed by atoms with Gasteiger partial charge < -0.3 is 4.98 Å². The molecule has 0 radical (unpaired) electrons. The van der Waals surface area contributed by atoms with Gasteiger partial charge in [-0.15, -0.1) is 11.3 Å². The number of H-pyrrole nitrogens is 1. The molecule has 0 aliphatic heterocycles. The number of nitrogens with two attached hydrogens (primary N) is 1. The summed E-state index contributed by atoms with van der Waals surface area (Å²) in [5.41, 5.74) is -0.301. The highest BCUT2D eigenvalue weighted by atomic mass is 32.2. The van der Waals surface area contributed by atoms with Crippen molar-refractivity contribution in [2.45, 2.75) is 32.6 Å². The van der Waals surface area contributed by atoms with E-state index >= 15 is 0 Å². The van der Waals surface area contributed by atoms with Crippen molar-refractivity contribution in [3.05, 3.63) is 27.1 Å². The lowest BCUT2D eigenvalue weighted by atomic mass is 9.94. The van der Waals surface area contributed by atoms with Crippen molar-refractivity contribution < 1.29 is 8.42 Å². The summed E-state index contributed by atoms with van der Waals surface area (Å²) in [6.07, 6.45) is 0.104. The molecule has 0 aliphatic rings. The van der Waals surface area contributed by atoms with Gasteiger partial charge >= 0.3 is 0 Å². The van der Waals surface area contributed by atoms with Crippen molar-refractivity contribution in [3.63, 3.8) is 0 Å². The fourth-order valence-electron chi connectivity index (χ4n) is 1.70. The van der Waals surface area contributed by atoms with E-state index in [-0.39, 0.29) is 23.1 Å². The van der Waals surface area contributed by atoms with Gasteiger partial charge in [0.1, 0.15) is 10.7 Å². The van der Waals surface area contributed by atoms with E-state index in [0.29, 0.717) is 16.0 Å². The summed E-state index contributed by atoms with van der Waals surface area (Å²) in [5.74, 6) is 0.109. The van der Waals surface area contributed by atoms with E-state index in [0.717, 1.165) is 4.88 Å². The second-order valence-corrected chi connectivity index (χ2v) is 8.47. The van der Waals surface area contributed by atoms with E-state index in [1.165, 1.54) is 11.3 Å². The van der Waals surface area contributed by atoms with E-state index in [1.54, 1.807) is 0 Å². The van der Waals surface area contributed by atoms with Crippen molar-refractivity contribution in [1.29, 1.82) is 0 Å². The molecular weight excluding hydrogens is 298 g/mol. The van der Waals surface area contributed by atoms with Crippen molar-refractivity contribution in [3.8, 4) is 0 Å². The number of aromatic nitrogens is 2. The predicted molar refractivity (Wildman–Crippen MR) is 80.6 cm³/mol. The summed E-state index contributed by atoms with van der Waals surface area (Å²) < 4.78 is 21.9. The quantitative estimate of drug-likeness (QED) is 0.885. The van der Waals surface area contributed by atoms with Crippen LogP contribution in [-0.4, -0.2) is 24.1 Å². The standard InChI is InChI=1S/C12H17N3O3S2/c1-12(2,3)8-6-7-10(16)14-9(15-11(7)19-8)4-5-20(13,17)18/h6H,4-5H2,1-3H3,(H2,13,17,18)(H,14,15,16). The number of hydrogen-bond acceptors (Lipinski definition) is 5. The lowest BCUT2D eigenvalue weighted by molar-refractivity contribution is 0.596. The minimum absolute atomic E-state index is 0.0570. The van der Waals surface area contributed by atoms with Crippen LogP contribution in [0.15, 0.2) is 10.9 Å². The average Bonchev–Trinajstić information content (AvgIpc) is 2.69. The van der Waals surface area contributed by atoms with Crippen LogP contribution in [-0.2, 0) is 21.9 Å². The summed E-state index contributed by atoms with van der Waals surface area (Å²) in [7, 11) is -3.57. The number of aryl methyl sites for hydroxylation is 1. The van der Waals surface area contributed by atoms with Crippen molar-refractivity contribution >= 4 is 31.6 Å². The summed E-state index contributed by atoms with van der Waals surface area (Å²) in [5, 5.41) is 5.49. The monoisotopic (exact) mass is 315 g/mol. The maximum Gasteiger partial charge on any atom is 0.259 e. The maximum atomic E-state index is 12.0. The average molecular weight is 315 g/mol. The van der Waals surface area contributed by atoms with Gasteiger partial charge in [0.05, 0.1) is 11.1 Å². The molecule has 6 nitrogen and oxygen atoms in total. The molecule has 0 unspecified atom stereocenters. The molecule has 2 aromatic rings. The number of nitrogens with one attached hydrogen (secondary N) is 1. The molecule has 0 saturated heterocycles. The van der Waals surface area contributed by atoms with Crippen molar-refractivity contribution in [2.24, 2.45) is 5.14 Å². The van der Waals surface area contributed by atoms with Gasteiger partial charge in [0.2, 0.25) is 10.0 Å². The smallest absolute Gasteiger partial charge is 0.259 e. The van der Waals surface area contributed by atoms with Crippen LogP contribution < -0.4 is 10.7 Å². The first kappa shape index (κ1) is 15.1. The number of aromatic amines is 1.